The summed E-state index contributed by atoms with van der Waals surface area (Å²) < 4.78 is 0. The SMILES string of the molecule is CC(Sc1cccc(NC(=O)/C(=C\c2cccc(Cl)c2Cl)NC(=O)c2ccccc2)c1)C(=O)Nc1ccccc1Cl. The predicted octanol–water partition coefficient (Wildman–Crippen LogP) is 8.18. The molecule has 0 aromatic heterocycles. The van der Waals surface area contributed by atoms with Crippen molar-refractivity contribution in [1.29, 1.82) is 0 Å². The molecule has 0 spiro atoms. The lowest BCUT2D eigenvalue weighted by Crippen LogP contribution is -2.30. The molecule has 0 aliphatic heterocycles. The van der Waals surface area contributed by atoms with Crippen LogP contribution < -0.4 is 16.0 Å². The molecule has 41 heavy (non-hydrogen) atoms. The van der Waals surface area contributed by atoms with Crippen LogP contribution in [0.5, 0.6) is 0 Å². The first-order valence-electron chi connectivity index (χ1n) is 12.4. The number of anilines is 2. The average molecular weight is 625 g/mol. The van der Waals surface area contributed by atoms with Crippen molar-refractivity contribution in [2.45, 2.75) is 17.1 Å². The van der Waals surface area contributed by atoms with Crippen LogP contribution in [-0.2, 0) is 9.59 Å². The molecule has 10 heteroatoms. The van der Waals surface area contributed by atoms with Crippen molar-refractivity contribution in [3.05, 3.63) is 129 Å². The highest BCUT2D eigenvalue weighted by atomic mass is 35.5. The molecule has 4 aromatic carbocycles. The second kappa shape index (κ2) is 14.2. The molecule has 4 rings (SSSR count). The van der Waals surface area contributed by atoms with E-state index < -0.39 is 17.1 Å². The van der Waals surface area contributed by atoms with Crippen molar-refractivity contribution in [1.82, 2.24) is 5.32 Å². The van der Waals surface area contributed by atoms with Crippen LogP contribution in [0.15, 0.2) is 108 Å². The van der Waals surface area contributed by atoms with Gasteiger partial charge in [0.2, 0.25) is 5.91 Å². The summed E-state index contributed by atoms with van der Waals surface area (Å²) in [5.41, 5.74) is 1.81. The van der Waals surface area contributed by atoms with E-state index in [2.05, 4.69) is 16.0 Å². The lowest BCUT2D eigenvalue weighted by atomic mass is 10.1. The standard InChI is InChI=1S/C31H24Cl3N3O3S/c1-19(29(38)36-26-16-6-5-14-24(26)32)41-23-13-8-12-22(18-23)35-31(40)27(17-21-11-7-15-25(33)28(21)34)37-30(39)20-9-3-2-4-10-20/h2-19H,1H3,(H,35,40)(H,36,38)(H,37,39)/b27-17+. The fourth-order valence-corrected chi connectivity index (χ4v) is 5.10. The molecular weight excluding hydrogens is 601 g/mol. The molecule has 0 bridgehead atoms. The highest BCUT2D eigenvalue weighted by Crippen LogP contribution is 2.29. The number of carbonyl (C=O) groups is 3. The molecule has 0 heterocycles. The first-order valence-corrected chi connectivity index (χ1v) is 14.4. The first-order chi connectivity index (χ1) is 19.7. The maximum Gasteiger partial charge on any atom is 0.272 e. The van der Waals surface area contributed by atoms with Crippen LogP contribution in [0.3, 0.4) is 0 Å². The zero-order valence-electron chi connectivity index (χ0n) is 21.7. The second-order valence-corrected chi connectivity index (χ2v) is 11.3. The molecule has 0 radical (unpaired) electrons. The van der Waals surface area contributed by atoms with Gasteiger partial charge >= 0.3 is 0 Å². The van der Waals surface area contributed by atoms with Crippen LogP contribution in [0.4, 0.5) is 11.4 Å². The molecule has 3 amide bonds. The van der Waals surface area contributed by atoms with Gasteiger partial charge in [-0.15, -0.1) is 11.8 Å². The Morgan fingerprint density at radius 2 is 1.46 bits per heavy atom. The van der Waals surface area contributed by atoms with Gasteiger partial charge < -0.3 is 16.0 Å². The van der Waals surface area contributed by atoms with Gasteiger partial charge in [-0.3, -0.25) is 14.4 Å². The van der Waals surface area contributed by atoms with Crippen LogP contribution >= 0.6 is 46.6 Å². The number of benzene rings is 4. The Labute approximate surface area is 257 Å². The highest BCUT2D eigenvalue weighted by molar-refractivity contribution is 8.00. The maximum absolute atomic E-state index is 13.4. The molecule has 0 aliphatic carbocycles. The van der Waals surface area contributed by atoms with Gasteiger partial charge in [-0.2, -0.15) is 0 Å². The highest BCUT2D eigenvalue weighted by Gasteiger charge is 2.18. The number of thioether (sulfide) groups is 1. The fraction of sp³-hybridized carbons (Fsp3) is 0.0645. The minimum absolute atomic E-state index is 0.0337. The Bertz CT molecular complexity index is 1610. The zero-order valence-corrected chi connectivity index (χ0v) is 24.7. The smallest absolute Gasteiger partial charge is 0.272 e. The number of hydrogen-bond acceptors (Lipinski definition) is 4. The van der Waals surface area contributed by atoms with E-state index in [4.69, 9.17) is 34.8 Å². The zero-order chi connectivity index (χ0) is 29.4. The monoisotopic (exact) mass is 623 g/mol. The van der Waals surface area contributed by atoms with E-state index in [1.807, 2.05) is 6.07 Å². The van der Waals surface area contributed by atoms with E-state index in [1.165, 1.54) is 17.8 Å². The largest absolute Gasteiger partial charge is 0.324 e. The van der Waals surface area contributed by atoms with Gasteiger partial charge in [0.05, 0.1) is 26.0 Å². The Balaban J connectivity index is 1.51. The molecule has 1 unspecified atom stereocenters. The quantitative estimate of drug-likeness (QED) is 0.129. The fourth-order valence-electron chi connectivity index (χ4n) is 3.63. The van der Waals surface area contributed by atoms with E-state index in [0.717, 1.165) is 4.90 Å². The molecule has 0 fully saturated rings. The third-order valence-corrected chi connectivity index (χ3v) is 7.97. The van der Waals surface area contributed by atoms with Gasteiger partial charge in [0.25, 0.3) is 11.8 Å². The minimum Gasteiger partial charge on any atom is -0.324 e. The number of amides is 3. The van der Waals surface area contributed by atoms with Crippen LogP contribution in [0, 0.1) is 0 Å². The molecule has 1 atom stereocenters. The minimum atomic E-state index is -0.572. The molecule has 0 saturated heterocycles. The van der Waals surface area contributed by atoms with E-state index in [9.17, 15) is 14.4 Å². The number of halogens is 3. The predicted molar refractivity (Wildman–Crippen MR) is 169 cm³/mol. The summed E-state index contributed by atoms with van der Waals surface area (Å²) in [6.45, 7) is 1.77. The summed E-state index contributed by atoms with van der Waals surface area (Å²) in [5.74, 6) is -1.26. The van der Waals surface area contributed by atoms with E-state index in [-0.39, 0.29) is 16.6 Å². The van der Waals surface area contributed by atoms with E-state index >= 15 is 0 Å². The van der Waals surface area contributed by atoms with Crippen molar-refractivity contribution in [2.24, 2.45) is 0 Å². The third kappa shape index (κ3) is 8.38. The van der Waals surface area contributed by atoms with Crippen molar-refractivity contribution >= 4 is 81.7 Å². The van der Waals surface area contributed by atoms with Crippen LogP contribution in [0.1, 0.15) is 22.8 Å². The first kappa shape index (κ1) is 30.2. The van der Waals surface area contributed by atoms with Crippen LogP contribution in [0.2, 0.25) is 15.1 Å². The summed E-state index contributed by atoms with van der Waals surface area (Å²) in [4.78, 5) is 39.8. The van der Waals surface area contributed by atoms with Gasteiger partial charge in [0, 0.05) is 16.1 Å². The third-order valence-electron chi connectivity index (χ3n) is 5.72. The van der Waals surface area contributed by atoms with Crippen molar-refractivity contribution in [3.8, 4) is 0 Å². The molecular formula is C31H24Cl3N3O3S. The molecule has 4 aromatic rings. The molecule has 208 valence electrons. The maximum atomic E-state index is 13.4. The average Bonchev–Trinajstić information content (AvgIpc) is 2.96. The Hall–Kier alpha value is -3.75. The van der Waals surface area contributed by atoms with Gasteiger partial charge in [-0.05, 0) is 67.1 Å². The number of para-hydroxylation sites is 1. The molecule has 0 saturated carbocycles. The lowest BCUT2D eigenvalue weighted by Gasteiger charge is -2.15. The number of hydrogen-bond donors (Lipinski definition) is 3. The van der Waals surface area contributed by atoms with Gasteiger partial charge in [0.15, 0.2) is 0 Å². The topological polar surface area (TPSA) is 87.3 Å². The van der Waals surface area contributed by atoms with Crippen molar-refractivity contribution in [3.63, 3.8) is 0 Å². The summed E-state index contributed by atoms with van der Waals surface area (Å²) in [6.07, 6.45) is 1.46. The van der Waals surface area contributed by atoms with Crippen molar-refractivity contribution in [2.75, 3.05) is 10.6 Å². The summed E-state index contributed by atoms with van der Waals surface area (Å²) in [5, 5.41) is 8.87. The Kier molecular flexibility index (Phi) is 10.5. The normalized spacial score (nSPS) is 11.9. The number of carbonyl (C=O) groups excluding carboxylic acids is 3. The molecule has 0 aliphatic rings. The van der Waals surface area contributed by atoms with E-state index in [1.54, 1.807) is 97.9 Å². The number of rotatable bonds is 9. The lowest BCUT2D eigenvalue weighted by molar-refractivity contribution is -0.115. The summed E-state index contributed by atoms with van der Waals surface area (Å²) in [7, 11) is 0. The van der Waals surface area contributed by atoms with Crippen molar-refractivity contribution < 1.29 is 14.4 Å². The van der Waals surface area contributed by atoms with Gasteiger partial charge in [0.1, 0.15) is 5.70 Å². The summed E-state index contributed by atoms with van der Waals surface area (Å²) in [6, 6.07) is 27.6. The Morgan fingerprint density at radius 3 is 2.22 bits per heavy atom. The summed E-state index contributed by atoms with van der Waals surface area (Å²) >= 11 is 20.0. The number of nitrogens with one attached hydrogen (secondary N) is 3. The van der Waals surface area contributed by atoms with Crippen LogP contribution in [0.25, 0.3) is 6.08 Å². The van der Waals surface area contributed by atoms with Gasteiger partial charge in [-0.1, -0.05) is 83.3 Å². The molecule has 3 N–H and O–H groups in total. The molecule has 6 nitrogen and oxygen atoms in total. The van der Waals surface area contributed by atoms with Crippen LogP contribution in [-0.4, -0.2) is 23.0 Å². The van der Waals surface area contributed by atoms with Gasteiger partial charge in [-0.25, -0.2) is 0 Å². The van der Waals surface area contributed by atoms with E-state index in [0.29, 0.717) is 32.5 Å². The Morgan fingerprint density at radius 1 is 0.780 bits per heavy atom. The second-order valence-electron chi connectivity index (χ2n) is 8.73.